The van der Waals surface area contributed by atoms with Gasteiger partial charge in [0.25, 0.3) is 0 Å². The van der Waals surface area contributed by atoms with Gasteiger partial charge in [-0.25, -0.2) is 0 Å². The molecule has 4 unspecified atom stereocenters. The van der Waals surface area contributed by atoms with Crippen molar-refractivity contribution in [2.24, 2.45) is 5.41 Å². The number of carbonyl (C=O) groups is 1. The van der Waals surface area contributed by atoms with Crippen LogP contribution in [0, 0.1) is 5.41 Å². The number of hydrogen-bond donors (Lipinski definition) is 1. The number of carboxylic acids is 1. The van der Waals surface area contributed by atoms with Gasteiger partial charge >= 0.3 is 5.97 Å². The van der Waals surface area contributed by atoms with Crippen LogP contribution in [0.5, 0.6) is 5.75 Å². The highest BCUT2D eigenvalue weighted by Crippen LogP contribution is 2.53. The Morgan fingerprint density at radius 2 is 2.20 bits per heavy atom. The molecule has 3 aliphatic rings. The maximum atomic E-state index is 11.9. The van der Waals surface area contributed by atoms with E-state index >= 15 is 0 Å². The summed E-state index contributed by atoms with van der Waals surface area (Å²) in [6, 6.07) is 7.96. The van der Waals surface area contributed by atoms with Gasteiger partial charge in [-0.1, -0.05) is 18.2 Å². The number of rotatable bonds is 3. The van der Waals surface area contributed by atoms with E-state index in [-0.39, 0.29) is 18.1 Å². The molecular weight excluding hydrogens is 256 g/mol. The van der Waals surface area contributed by atoms with Gasteiger partial charge in [0.2, 0.25) is 0 Å². The number of benzene rings is 1. The molecule has 0 aromatic heterocycles. The number of carboxylic acid groups (broad SMARTS) is 1. The minimum atomic E-state index is -0.714. The number of para-hydroxylation sites is 1. The molecule has 0 aliphatic carbocycles. The van der Waals surface area contributed by atoms with Crippen molar-refractivity contribution < 1.29 is 19.4 Å². The molecule has 106 valence electrons. The molecule has 20 heavy (non-hydrogen) atoms. The molecule has 2 saturated heterocycles. The van der Waals surface area contributed by atoms with Crippen molar-refractivity contribution in [1.29, 1.82) is 0 Å². The predicted octanol–water partition coefficient (Wildman–Crippen LogP) is 2.58. The van der Waals surface area contributed by atoms with E-state index in [9.17, 15) is 9.90 Å². The monoisotopic (exact) mass is 274 g/mol. The third kappa shape index (κ3) is 1.61. The summed E-state index contributed by atoms with van der Waals surface area (Å²) in [5, 5.41) is 9.77. The first-order valence-electron chi connectivity index (χ1n) is 7.29. The van der Waals surface area contributed by atoms with E-state index in [2.05, 4.69) is 6.07 Å². The summed E-state index contributed by atoms with van der Waals surface area (Å²) in [5.41, 5.74) is 0.435. The van der Waals surface area contributed by atoms with E-state index in [1.165, 1.54) is 0 Å². The second-order valence-electron chi connectivity index (χ2n) is 6.24. The fraction of sp³-hybridized carbons (Fsp3) is 0.562. The molecule has 4 atom stereocenters. The summed E-state index contributed by atoms with van der Waals surface area (Å²) >= 11 is 0. The van der Waals surface area contributed by atoms with Gasteiger partial charge in [-0.05, 0) is 31.7 Å². The summed E-state index contributed by atoms with van der Waals surface area (Å²) in [6.45, 7) is 0.589. The largest absolute Gasteiger partial charge is 0.493 e. The first-order chi connectivity index (χ1) is 9.69. The molecule has 3 heterocycles. The molecule has 2 fully saturated rings. The Hall–Kier alpha value is -1.55. The van der Waals surface area contributed by atoms with Gasteiger partial charge in [-0.2, -0.15) is 0 Å². The molecule has 1 N–H and O–H groups in total. The van der Waals surface area contributed by atoms with Crippen LogP contribution in [0.2, 0.25) is 0 Å². The fourth-order valence-electron chi connectivity index (χ4n) is 4.17. The van der Waals surface area contributed by atoms with Crippen molar-refractivity contribution in [2.45, 2.75) is 43.8 Å². The second kappa shape index (κ2) is 4.22. The van der Waals surface area contributed by atoms with Crippen LogP contribution in [0.15, 0.2) is 24.3 Å². The third-order valence-electron chi connectivity index (χ3n) is 5.15. The highest BCUT2D eigenvalue weighted by atomic mass is 16.5. The van der Waals surface area contributed by atoms with E-state index in [1.807, 2.05) is 18.2 Å². The molecule has 0 radical (unpaired) electrons. The number of hydrogen-bond acceptors (Lipinski definition) is 3. The Kier molecular flexibility index (Phi) is 2.58. The summed E-state index contributed by atoms with van der Waals surface area (Å²) in [4.78, 5) is 11.9. The molecule has 4 nitrogen and oxygen atoms in total. The first kappa shape index (κ1) is 12.2. The lowest BCUT2D eigenvalue weighted by Gasteiger charge is -2.32. The second-order valence-corrected chi connectivity index (χ2v) is 6.24. The average molecular weight is 274 g/mol. The zero-order valence-corrected chi connectivity index (χ0v) is 11.2. The Balaban J connectivity index is 1.63. The summed E-state index contributed by atoms with van der Waals surface area (Å²) in [5.74, 6) is 0.376. The van der Waals surface area contributed by atoms with Gasteiger partial charge in [0.15, 0.2) is 0 Å². The zero-order chi connectivity index (χ0) is 13.7. The summed E-state index contributed by atoms with van der Waals surface area (Å²) in [6.07, 6.45) is 3.21. The molecule has 0 saturated carbocycles. The van der Waals surface area contributed by atoms with Crippen LogP contribution in [0.25, 0.3) is 0 Å². The van der Waals surface area contributed by atoms with Crippen LogP contribution in [0.3, 0.4) is 0 Å². The maximum absolute atomic E-state index is 11.9. The van der Waals surface area contributed by atoms with E-state index in [0.29, 0.717) is 19.4 Å². The highest BCUT2D eigenvalue weighted by Gasteiger charge is 2.58. The first-order valence-corrected chi connectivity index (χ1v) is 7.29. The third-order valence-corrected chi connectivity index (χ3v) is 5.15. The topological polar surface area (TPSA) is 55.8 Å². The molecule has 4 rings (SSSR count). The SMILES string of the molecule is O=C(O)C1(CC2COc3ccccc32)CC2CCC1O2. The minimum Gasteiger partial charge on any atom is -0.493 e. The van der Waals surface area contributed by atoms with E-state index < -0.39 is 11.4 Å². The standard InChI is InChI=1S/C16H18O4/c17-15(18)16(8-11-5-6-14(16)20-11)7-10-9-19-13-4-2-1-3-12(10)13/h1-4,10-11,14H,5-9H2,(H,17,18). The van der Waals surface area contributed by atoms with Crippen LogP contribution < -0.4 is 4.74 Å². The molecular formula is C16H18O4. The predicted molar refractivity (Wildman–Crippen MR) is 71.9 cm³/mol. The highest BCUT2D eigenvalue weighted by molar-refractivity contribution is 5.76. The van der Waals surface area contributed by atoms with Gasteiger partial charge in [0.1, 0.15) is 5.75 Å². The van der Waals surface area contributed by atoms with Crippen molar-refractivity contribution >= 4 is 5.97 Å². The lowest BCUT2D eigenvalue weighted by molar-refractivity contribution is -0.153. The maximum Gasteiger partial charge on any atom is 0.312 e. The Labute approximate surface area is 117 Å². The fourth-order valence-corrected chi connectivity index (χ4v) is 4.17. The molecule has 0 spiro atoms. The summed E-state index contributed by atoms with van der Waals surface area (Å²) < 4.78 is 11.5. The smallest absolute Gasteiger partial charge is 0.312 e. The van der Waals surface area contributed by atoms with Crippen molar-refractivity contribution in [3.8, 4) is 5.75 Å². The van der Waals surface area contributed by atoms with Crippen LogP contribution in [-0.4, -0.2) is 29.9 Å². The van der Waals surface area contributed by atoms with Crippen molar-refractivity contribution in [3.05, 3.63) is 29.8 Å². The van der Waals surface area contributed by atoms with Gasteiger partial charge in [-0.15, -0.1) is 0 Å². The number of aliphatic carboxylic acids is 1. The minimum absolute atomic E-state index is 0.113. The van der Waals surface area contributed by atoms with Crippen molar-refractivity contribution in [1.82, 2.24) is 0 Å². The molecule has 2 bridgehead atoms. The quantitative estimate of drug-likeness (QED) is 0.920. The molecule has 1 aromatic rings. The van der Waals surface area contributed by atoms with Crippen LogP contribution in [0.4, 0.5) is 0 Å². The van der Waals surface area contributed by atoms with E-state index in [4.69, 9.17) is 9.47 Å². The van der Waals surface area contributed by atoms with Gasteiger partial charge in [0, 0.05) is 11.5 Å². The zero-order valence-electron chi connectivity index (χ0n) is 11.2. The van der Waals surface area contributed by atoms with Crippen LogP contribution >= 0.6 is 0 Å². The van der Waals surface area contributed by atoms with Gasteiger partial charge in [0.05, 0.1) is 24.2 Å². The molecule has 4 heteroatoms. The molecule has 3 aliphatic heterocycles. The van der Waals surface area contributed by atoms with Crippen molar-refractivity contribution in [2.75, 3.05) is 6.61 Å². The van der Waals surface area contributed by atoms with E-state index in [0.717, 1.165) is 24.2 Å². The van der Waals surface area contributed by atoms with Crippen LogP contribution in [0.1, 0.15) is 37.2 Å². The lowest BCUT2D eigenvalue weighted by Crippen LogP contribution is -2.41. The summed E-state index contributed by atoms with van der Waals surface area (Å²) in [7, 11) is 0. The molecule has 1 aromatic carbocycles. The van der Waals surface area contributed by atoms with Crippen molar-refractivity contribution in [3.63, 3.8) is 0 Å². The number of fused-ring (bicyclic) bond motifs is 3. The normalized spacial score (nSPS) is 37.7. The molecule has 0 amide bonds. The Morgan fingerprint density at radius 1 is 1.35 bits per heavy atom. The Bertz CT molecular complexity index is 555. The van der Waals surface area contributed by atoms with E-state index in [1.54, 1.807) is 0 Å². The van der Waals surface area contributed by atoms with Crippen LogP contribution in [-0.2, 0) is 9.53 Å². The Morgan fingerprint density at radius 3 is 2.90 bits per heavy atom. The van der Waals surface area contributed by atoms with Gasteiger partial charge in [-0.3, -0.25) is 4.79 Å². The lowest BCUT2D eigenvalue weighted by atomic mass is 9.68. The van der Waals surface area contributed by atoms with Gasteiger partial charge < -0.3 is 14.6 Å². The number of ether oxygens (including phenoxy) is 2. The average Bonchev–Trinajstić information content (AvgIpc) is 3.14.